The minimum absolute atomic E-state index is 0.0526. The van der Waals surface area contributed by atoms with Crippen molar-refractivity contribution in [1.29, 1.82) is 0 Å². The van der Waals surface area contributed by atoms with Gasteiger partial charge in [0, 0.05) is 0 Å². The van der Waals surface area contributed by atoms with Gasteiger partial charge in [-0.25, -0.2) is 15.0 Å². The maximum atomic E-state index is 10.3. The number of hydroxylamine groups is 1. The Morgan fingerprint density at radius 2 is 2.20 bits per heavy atom. The summed E-state index contributed by atoms with van der Waals surface area (Å²) >= 11 is 0. The fourth-order valence-corrected chi connectivity index (χ4v) is 2.74. The molecule has 0 aromatic carbocycles. The number of hydrogen-bond acceptors (Lipinski definition) is 9. The second kappa shape index (κ2) is 6.86. The number of nitrogens with zero attached hydrogens (tertiary/aromatic N) is 4. The number of aliphatic hydroxyl groups excluding tert-OH is 2. The number of hydrogen-bond donors (Lipinski definition) is 3. The first-order valence-electron chi connectivity index (χ1n) is 7.75. The van der Waals surface area contributed by atoms with Gasteiger partial charge < -0.3 is 19.4 Å². The van der Waals surface area contributed by atoms with Crippen LogP contribution < -0.4 is 5.48 Å². The first-order valence-corrected chi connectivity index (χ1v) is 7.75. The number of rotatable bonds is 6. The minimum Gasteiger partial charge on any atom is -0.468 e. The molecule has 25 heavy (non-hydrogen) atoms. The highest BCUT2D eigenvalue weighted by molar-refractivity contribution is 5.68. The van der Waals surface area contributed by atoms with Crippen molar-refractivity contribution in [3.05, 3.63) is 43.0 Å². The lowest BCUT2D eigenvalue weighted by Crippen LogP contribution is -2.35. The largest absolute Gasteiger partial charge is 0.468 e. The molecule has 4 atom stereocenters. The highest BCUT2D eigenvalue weighted by Gasteiger charge is 2.44. The molecular weight excluding hydrogens is 330 g/mol. The first-order chi connectivity index (χ1) is 12.2. The van der Waals surface area contributed by atoms with Crippen molar-refractivity contribution in [3.63, 3.8) is 0 Å². The van der Waals surface area contributed by atoms with Gasteiger partial charge in [-0.1, -0.05) is 0 Å². The minimum atomic E-state index is -1.13. The summed E-state index contributed by atoms with van der Waals surface area (Å²) in [6.45, 7) is 0.432. The van der Waals surface area contributed by atoms with Gasteiger partial charge in [0.2, 0.25) is 0 Å². The molecule has 0 aliphatic carbocycles. The Morgan fingerprint density at radius 3 is 3.04 bits per heavy atom. The standard InChI is InChI=1S/C15H17N5O5/c21-12-11(6-24-19-4-9-2-1-3-23-9)25-15(13(12)22)20-8-18-10-5-16-7-17-14(10)20/h1-3,5,7-8,11-13,15,19,21-22H,4,6H2/t11-,12-,13-,15-/m1/s1. The van der Waals surface area contributed by atoms with Crippen LogP contribution in [0.3, 0.4) is 0 Å². The average molecular weight is 347 g/mol. The fraction of sp³-hybridized carbons (Fsp3) is 0.400. The number of nitrogens with one attached hydrogen (secondary N) is 1. The van der Waals surface area contributed by atoms with Gasteiger partial charge in [0.05, 0.1) is 31.9 Å². The summed E-state index contributed by atoms with van der Waals surface area (Å²) in [5, 5.41) is 20.5. The molecule has 0 radical (unpaired) electrons. The predicted molar refractivity (Wildman–Crippen MR) is 82.7 cm³/mol. The SMILES string of the molecule is O[C@@H]1[C@H](O)[C@@H](CONCc2ccco2)O[C@H]1n1cnc2cncnc21. The number of aromatic nitrogens is 4. The summed E-state index contributed by atoms with van der Waals surface area (Å²) in [7, 11) is 0. The number of ether oxygens (including phenoxy) is 1. The van der Waals surface area contributed by atoms with Gasteiger partial charge in [-0.3, -0.25) is 9.40 Å². The van der Waals surface area contributed by atoms with E-state index in [-0.39, 0.29) is 6.61 Å². The van der Waals surface area contributed by atoms with Crippen LogP contribution >= 0.6 is 0 Å². The molecule has 0 bridgehead atoms. The zero-order chi connectivity index (χ0) is 17.2. The monoisotopic (exact) mass is 347 g/mol. The Hall–Kier alpha value is -2.37. The van der Waals surface area contributed by atoms with E-state index < -0.39 is 24.5 Å². The lowest BCUT2D eigenvalue weighted by Gasteiger charge is -2.16. The molecular formula is C15H17N5O5. The number of fused-ring (bicyclic) bond motifs is 1. The zero-order valence-electron chi connectivity index (χ0n) is 13.1. The Kier molecular flexibility index (Phi) is 4.42. The van der Waals surface area contributed by atoms with Crippen molar-refractivity contribution < 1.29 is 24.2 Å². The van der Waals surface area contributed by atoms with Crippen LogP contribution in [0.1, 0.15) is 12.0 Å². The van der Waals surface area contributed by atoms with Crippen molar-refractivity contribution in [2.75, 3.05) is 6.61 Å². The number of imidazole rings is 1. The van der Waals surface area contributed by atoms with Gasteiger partial charge in [-0.05, 0) is 12.1 Å². The molecule has 3 aromatic rings. The van der Waals surface area contributed by atoms with Crippen LogP contribution in [0.4, 0.5) is 0 Å². The van der Waals surface area contributed by atoms with Crippen LogP contribution in [0.5, 0.6) is 0 Å². The molecule has 3 aromatic heterocycles. The summed E-state index contributed by atoms with van der Waals surface area (Å²) < 4.78 is 12.5. The molecule has 0 spiro atoms. The second-order valence-electron chi connectivity index (χ2n) is 5.64. The molecule has 4 heterocycles. The van der Waals surface area contributed by atoms with Crippen LogP contribution in [0.15, 0.2) is 41.7 Å². The molecule has 132 valence electrons. The van der Waals surface area contributed by atoms with E-state index in [4.69, 9.17) is 14.0 Å². The molecule has 10 heteroatoms. The number of furan rings is 1. The van der Waals surface area contributed by atoms with Crippen LogP contribution in [0.25, 0.3) is 11.2 Å². The lowest BCUT2D eigenvalue weighted by atomic mass is 10.1. The molecule has 10 nitrogen and oxygen atoms in total. The van der Waals surface area contributed by atoms with E-state index in [1.54, 1.807) is 23.1 Å². The molecule has 1 saturated heterocycles. The van der Waals surface area contributed by atoms with Crippen molar-refractivity contribution in [3.8, 4) is 0 Å². The van der Waals surface area contributed by atoms with Crippen molar-refractivity contribution in [2.45, 2.75) is 31.1 Å². The van der Waals surface area contributed by atoms with Crippen LogP contribution in [0.2, 0.25) is 0 Å². The first kappa shape index (κ1) is 16.1. The summed E-state index contributed by atoms with van der Waals surface area (Å²) in [5.41, 5.74) is 3.82. The lowest BCUT2D eigenvalue weighted by molar-refractivity contribution is -0.0879. The van der Waals surface area contributed by atoms with E-state index in [0.29, 0.717) is 17.7 Å². The van der Waals surface area contributed by atoms with Crippen LogP contribution in [-0.4, -0.2) is 54.7 Å². The maximum absolute atomic E-state index is 10.3. The average Bonchev–Trinajstić information content (AvgIpc) is 3.34. The molecule has 0 saturated carbocycles. The van der Waals surface area contributed by atoms with E-state index in [2.05, 4.69) is 20.4 Å². The smallest absolute Gasteiger partial charge is 0.165 e. The Morgan fingerprint density at radius 1 is 1.28 bits per heavy atom. The molecule has 1 fully saturated rings. The van der Waals surface area contributed by atoms with Crippen LogP contribution in [-0.2, 0) is 16.1 Å². The second-order valence-corrected chi connectivity index (χ2v) is 5.64. The van der Waals surface area contributed by atoms with E-state index in [1.165, 1.54) is 12.7 Å². The Balaban J connectivity index is 1.39. The normalized spacial score (nSPS) is 26.5. The molecule has 1 aliphatic rings. The van der Waals surface area contributed by atoms with Gasteiger partial charge in [-0.2, -0.15) is 5.48 Å². The molecule has 4 rings (SSSR count). The predicted octanol–water partition coefficient (Wildman–Crippen LogP) is -0.240. The van der Waals surface area contributed by atoms with E-state index in [0.717, 1.165) is 5.76 Å². The van der Waals surface area contributed by atoms with Crippen molar-refractivity contribution >= 4 is 11.2 Å². The highest BCUT2D eigenvalue weighted by atomic mass is 16.7. The third-order valence-electron chi connectivity index (χ3n) is 4.03. The van der Waals surface area contributed by atoms with Crippen molar-refractivity contribution in [2.24, 2.45) is 0 Å². The van der Waals surface area contributed by atoms with Gasteiger partial charge >= 0.3 is 0 Å². The summed E-state index contributed by atoms with van der Waals surface area (Å²) in [4.78, 5) is 17.5. The Labute approximate surface area is 142 Å². The van der Waals surface area contributed by atoms with E-state index in [1.807, 2.05) is 6.07 Å². The fourth-order valence-electron chi connectivity index (χ4n) is 2.74. The molecule has 0 amide bonds. The quantitative estimate of drug-likeness (QED) is 0.409. The van der Waals surface area contributed by atoms with Crippen molar-refractivity contribution in [1.82, 2.24) is 25.0 Å². The third-order valence-corrected chi connectivity index (χ3v) is 4.03. The molecule has 3 N–H and O–H groups in total. The van der Waals surface area contributed by atoms with Gasteiger partial charge in [0.25, 0.3) is 0 Å². The van der Waals surface area contributed by atoms with Gasteiger partial charge in [-0.15, -0.1) is 0 Å². The summed E-state index contributed by atoms with van der Waals surface area (Å²) in [6, 6.07) is 3.59. The Bertz CT molecular complexity index is 823. The summed E-state index contributed by atoms with van der Waals surface area (Å²) in [5.74, 6) is 0.718. The van der Waals surface area contributed by atoms with E-state index in [9.17, 15) is 10.2 Å². The maximum Gasteiger partial charge on any atom is 0.165 e. The number of aliphatic hydroxyl groups is 2. The van der Waals surface area contributed by atoms with Crippen LogP contribution in [0, 0.1) is 0 Å². The molecule has 0 unspecified atom stereocenters. The van der Waals surface area contributed by atoms with E-state index >= 15 is 0 Å². The zero-order valence-corrected chi connectivity index (χ0v) is 13.1. The van der Waals surface area contributed by atoms with Gasteiger partial charge in [0.1, 0.15) is 35.9 Å². The van der Waals surface area contributed by atoms with Gasteiger partial charge in [0.15, 0.2) is 11.9 Å². The summed E-state index contributed by atoms with van der Waals surface area (Å²) in [6.07, 6.45) is 2.27. The topological polar surface area (TPSA) is 128 Å². The highest BCUT2D eigenvalue weighted by Crippen LogP contribution is 2.31. The third kappa shape index (κ3) is 3.13. The molecule has 1 aliphatic heterocycles.